The van der Waals surface area contributed by atoms with Crippen LogP contribution in [0, 0.1) is 0 Å². The lowest BCUT2D eigenvalue weighted by Crippen LogP contribution is -2.27. The first-order chi connectivity index (χ1) is 7.83. The molecule has 0 bridgehead atoms. The molecule has 0 aromatic carbocycles. The molecular formula is C10H17N5S. The van der Waals surface area contributed by atoms with Crippen LogP contribution in [0.3, 0.4) is 0 Å². The molecule has 1 aromatic heterocycles. The van der Waals surface area contributed by atoms with Crippen molar-refractivity contribution in [2.45, 2.75) is 24.8 Å². The highest BCUT2D eigenvalue weighted by Crippen LogP contribution is 2.31. The summed E-state index contributed by atoms with van der Waals surface area (Å²) >= 11 is 2.00. The van der Waals surface area contributed by atoms with Gasteiger partial charge in [0.05, 0.1) is 0 Å². The second-order valence-electron chi connectivity index (χ2n) is 4.58. The first-order valence-corrected chi connectivity index (χ1v) is 6.99. The minimum absolute atomic E-state index is 0.281. The van der Waals surface area contributed by atoms with E-state index in [-0.39, 0.29) is 6.04 Å². The molecule has 0 aliphatic carbocycles. The van der Waals surface area contributed by atoms with E-state index in [4.69, 9.17) is 5.73 Å². The lowest BCUT2D eigenvalue weighted by molar-refractivity contribution is 0.721. The zero-order valence-electron chi connectivity index (χ0n) is 9.22. The normalized spacial score (nSPS) is 30.2. The van der Waals surface area contributed by atoms with E-state index in [0.29, 0.717) is 5.92 Å². The van der Waals surface area contributed by atoms with Crippen molar-refractivity contribution < 1.29 is 0 Å². The summed E-state index contributed by atoms with van der Waals surface area (Å²) in [5, 5.41) is 7.38. The Labute approximate surface area is 99.2 Å². The van der Waals surface area contributed by atoms with Crippen molar-refractivity contribution >= 4 is 17.7 Å². The lowest BCUT2D eigenvalue weighted by atomic mass is 10.1. The van der Waals surface area contributed by atoms with E-state index in [9.17, 15) is 0 Å². The number of aromatic nitrogens is 3. The van der Waals surface area contributed by atoms with Crippen LogP contribution in [0.5, 0.6) is 0 Å². The quantitative estimate of drug-likeness (QED) is 0.789. The number of H-pyrrole nitrogens is 1. The highest BCUT2D eigenvalue weighted by molar-refractivity contribution is 7.99. The van der Waals surface area contributed by atoms with Crippen LogP contribution in [0.1, 0.15) is 24.6 Å². The van der Waals surface area contributed by atoms with Gasteiger partial charge in [0, 0.05) is 30.8 Å². The number of aromatic amines is 1. The van der Waals surface area contributed by atoms with Gasteiger partial charge in [-0.2, -0.15) is 16.7 Å². The number of rotatable bonds is 2. The molecule has 5 nitrogen and oxygen atoms in total. The number of anilines is 1. The smallest absolute Gasteiger partial charge is 0.244 e. The molecule has 88 valence electrons. The van der Waals surface area contributed by atoms with E-state index in [2.05, 4.69) is 20.1 Å². The first-order valence-electron chi connectivity index (χ1n) is 5.83. The molecule has 3 rings (SSSR count). The topological polar surface area (TPSA) is 70.8 Å². The van der Waals surface area contributed by atoms with Crippen LogP contribution in [-0.2, 0) is 0 Å². The van der Waals surface area contributed by atoms with Gasteiger partial charge in [-0.05, 0) is 18.6 Å². The number of hydrogen-bond acceptors (Lipinski definition) is 5. The Balaban J connectivity index is 1.72. The van der Waals surface area contributed by atoms with Gasteiger partial charge in [-0.25, -0.2) is 0 Å². The van der Waals surface area contributed by atoms with Gasteiger partial charge in [-0.1, -0.05) is 0 Å². The zero-order valence-corrected chi connectivity index (χ0v) is 10.0. The number of nitrogens with zero attached hydrogens (tertiary/aromatic N) is 3. The average Bonchev–Trinajstić information content (AvgIpc) is 2.97. The van der Waals surface area contributed by atoms with Crippen molar-refractivity contribution in [3.8, 4) is 0 Å². The SMILES string of the molecule is NC1CCN(c2n[nH]c(C3CCSC3)n2)C1. The summed E-state index contributed by atoms with van der Waals surface area (Å²) in [5.41, 5.74) is 5.88. The first kappa shape index (κ1) is 10.4. The molecule has 3 N–H and O–H groups in total. The summed E-state index contributed by atoms with van der Waals surface area (Å²) in [5.74, 6) is 4.88. The lowest BCUT2D eigenvalue weighted by Gasteiger charge is -2.11. The van der Waals surface area contributed by atoms with Gasteiger partial charge in [0.1, 0.15) is 5.82 Å². The molecule has 2 unspecified atom stereocenters. The minimum atomic E-state index is 0.281. The molecular weight excluding hydrogens is 222 g/mol. The summed E-state index contributed by atoms with van der Waals surface area (Å²) in [7, 11) is 0. The predicted octanol–water partition coefficient (Wildman–Crippen LogP) is 0.563. The minimum Gasteiger partial charge on any atom is -0.338 e. The van der Waals surface area contributed by atoms with Crippen LogP contribution in [0.15, 0.2) is 0 Å². The second kappa shape index (κ2) is 4.25. The Morgan fingerprint density at radius 2 is 2.38 bits per heavy atom. The molecule has 2 fully saturated rings. The Bertz CT molecular complexity index is 360. The Hall–Kier alpha value is -0.750. The van der Waals surface area contributed by atoms with Crippen molar-refractivity contribution in [2.75, 3.05) is 29.5 Å². The number of hydrogen-bond donors (Lipinski definition) is 2. The Morgan fingerprint density at radius 1 is 1.44 bits per heavy atom. The molecule has 3 heterocycles. The van der Waals surface area contributed by atoms with Gasteiger partial charge < -0.3 is 10.6 Å². The van der Waals surface area contributed by atoms with Gasteiger partial charge in [-0.3, -0.25) is 5.10 Å². The van der Waals surface area contributed by atoms with Crippen LogP contribution in [0.2, 0.25) is 0 Å². The third-order valence-electron chi connectivity index (χ3n) is 3.31. The van der Waals surface area contributed by atoms with E-state index in [0.717, 1.165) is 31.3 Å². The molecule has 2 aliphatic heterocycles. The molecule has 0 amide bonds. The monoisotopic (exact) mass is 239 g/mol. The molecule has 2 aliphatic rings. The van der Waals surface area contributed by atoms with Crippen molar-refractivity contribution in [1.82, 2.24) is 15.2 Å². The fraction of sp³-hybridized carbons (Fsp3) is 0.800. The molecule has 2 atom stereocenters. The average molecular weight is 239 g/mol. The number of nitrogens with one attached hydrogen (secondary N) is 1. The zero-order chi connectivity index (χ0) is 11.0. The van der Waals surface area contributed by atoms with Gasteiger partial charge in [0.2, 0.25) is 5.95 Å². The molecule has 16 heavy (non-hydrogen) atoms. The fourth-order valence-corrected chi connectivity index (χ4v) is 3.54. The molecule has 2 saturated heterocycles. The van der Waals surface area contributed by atoms with Crippen molar-refractivity contribution in [1.29, 1.82) is 0 Å². The van der Waals surface area contributed by atoms with E-state index < -0.39 is 0 Å². The Morgan fingerprint density at radius 3 is 3.06 bits per heavy atom. The summed E-state index contributed by atoms with van der Waals surface area (Å²) < 4.78 is 0. The van der Waals surface area contributed by atoms with Crippen LogP contribution < -0.4 is 10.6 Å². The van der Waals surface area contributed by atoms with Gasteiger partial charge in [0.15, 0.2) is 0 Å². The summed E-state index contributed by atoms with van der Waals surface area (Å²) in [6.07, 6.45) is 2.27. The van der Waals surface area contributed by atoms with Gasteiger partial charge >= 0.3 is 0 Å². The highest BCUT2D eigenvalue weighted by Gasteiger charge is 2.25. The fourth-order valence-electron chi connectivity index (χ4n) is 2.31. The van der Waals surface area contributed by atoms with E-state index in [1.807, 2.05) is 11.8 Å². The predicted molar refractivity (Wildman–Crippen MR) is 65.9 cm³/mol. The van der Waals surface area contributed by atoms with Crippen molar-refractivity contribution in [3.63, 3.8) is 0 Å². The summed E-state index contributed by atoms with van der Waals surface area (Å²) in [4.78, 5) is 6.77. The highest BCUT2D eigenvalue weighted by atomic mass is 32.2. The van der Waals surface area contributed by atoms with Gasteiger partial charge in [0.25, 0.3) is 0 Å². The van der Waals surface area contributed by atoms with E-state index in [1.54, 1.807) is 0 Å². The van der Waals surface area contributed by atoms with Gasteiger partial charge in [-0.15, -0.1) is 5.10 Å². The standard InChI is InChI=1S/C10H17N5S/c11-8-1-3-15(5-8)10-12-9(13-14-10)7-2-4-16-6-7/h7-8H,1-6,11H2,(H,12,13,14). The summed E-state index contributed by atoms with van der Waals surface area (Å²) in [6, 6.07) is 0.281. The maximum Gasteiger partial charge on any atom is 0.244 e. The Kier molecular flexibility index (Phi) is 2.77. The molecule has 0 saturated carbocycles. The largest absolute Gasteiger partial charge is 0.338 e. The maximum absolute atomic E-state index is 5.88. The van der Waals surface area contributed by atoms with Crippen LogP contribution in [0.4, 0.5) is 5.95 Å². The van der Waals surface area contributed by atoms with Crippen molar-refractivity contribution in [2.24, 2.45) is 5.73 Å². The van der Waals surface area contributed by atoms with Crippen LogP contribution in [0.25, 0.3) is 0 Å². The van der Waals surface area contributed by atoms with Crippen LogP contribution >= 0.6 is 11.8 Å². The summed E-state index contributed by atoms with van der Waals surface area (Å²) in [6.45, 7) is 1.87. The second-order valence-corrected chi connectivity index (χ2v) is 5.73. The van der Waals surface area contributed by atoms with E-state index in [1.165, 1.54) is 17.9 Å². The molecule has 0 radical (unpaired) electrons. The number of nitrogens with two attached hydrogens (primary N) is 1. The van der Waals surface area contributed by atoms with E-state index >= 15 is 0 Å². The number of thioether (sulfide) groups is 1. The van der Waals surface area contributed by atoms with Crippen LogP contribution in [-0.4, -0.2) is 45.8 Å². The molecule has 6 heteroatoms. The molecule has 0 spiro atoms. The maximum atomic E-state index is 5.88. The van der Waals surface area contributed by atoms with Crippen molar-refractivity contribution in [3.05, 3.63) is 5.82 Å². The molecule has 1 aromatic rings. The third kappa shape index (κ3) is 1.91. The third-order valence-corrected chi connectivity index (χ3v) is 4.48.